The Morgan fingerprint density at radius 2 is 2.23 bits per heavy atom. The molecular weight excluding hydrogens is 162 g/mol. The molecular formula is C11H13NO. The monoisotopic (exact) mass is 175 g/mol. The van der Waals surface area contributed by atoms with Gasteiger partial charge in [0.15, 0.2) is 0 Å². The van der Waals surface area contributed by atoms with Crippen molar-refractivity contribution in [1.29, 1.82) is 0 Å². The van der Waals surface area contributed by atoms with Gasteiger partial charge >= 0.3 is 0 Å². The Labute approximate surface area is 77.3 Å². The fourth-order valence-corrected chi connectivity index (χ4v) is 1.19. The van der Waals surface area contributed by atoms with Crippen LogP contribution in [0, 0.1) is 0 Å². The number of rotatable bonds is 1. The summed E-state index contributed by atoms with van der Waals surface area (Å²) >= 11 is 0. The highest BCUT2D eigenvalue weighted by Gasteiger charge is 1.93. The largest absolute Gasteiger partial charge is 0.507 e. The lowest BCUT2D eigenvalue weighted by Crippen LogP contribution is -2.28. The van der Waals surface area contributed by atoms with Crippen molar-refractivity contribution >= 4 is 11.8 Å². The number of phenolic OH excluding ortho intramolecular Hbond substituents is 1. The Kier molecular flexibility index (Phi) is 2.75. The minimum Gasteiger partial charge on any atom is -0.507 e. The van der Waals surface area contributed by atoms with Crippen molar-refractivity contribution in [3.05, 3.63) is 41.3 Å². The third-order valence-electron chi connectivity index (χ3n) is 1.79. The molecule has 13 heavy (non-hydrogen) atoms. The molecule has 0 saturated carbocycles. The molecule has 0 fully saturated rings. The van der Waals surface area contributed by atoms with Crippen LogP contribution in [0.3, 0.4) is 0 Å². The molecule has 0 heterocycles. The Morgan fingerprint density at radius 1 is 1.54 bits per heavy atom. The smallest absolute Gasteiger partial charge is 0.123 e. The number of hydrogen-bond acceptors (Lipinski definition) is 2. The van der Waals surface area contributed by atoms with Gasteiger partial charge in [0.25, 0.3) is 0 Å². The van der Waals surface area contributed by atoms with Gasteiger partial charge in [-0.25, -0.2) is 0 Å². The van der Waals surface area contributed by atoms with Crippen LogP contribution in [0.1, 0.15) is 6.92 Å². The van der Waals surface area contributed by atoms with E-state index in [1.54, 1.807) is 31.2 Å². The highest BCUT2D eigenvalue weighted by molar-refractivity contribution is 5.47. The second-order valence-electron chi connectivity index (χ2n) is 2.82. The first-order chi connectivity index (χ1) is 6.16. The summed E-state index contributed by atoms with van der Waals surface area (Å²) < 4.78 is 0. The summed E-state index contributed by atoms with van der Waals surface area (Å²) in [5.74, 6) is 0.224. The average Bonchev–Trinajstić information content (AvgIpc) is 2.08. The first kappa shape index (κ1) is 9.39. The normalized spacial score (nSPS) is 14.1. The molecule has 0 bridgehead atoms. The highest BCUT2D eigenvalue weighted by Crippen LogP contribution is 1.95. The molecule has 1 rings (SSSR count). The van der Waals surface area contributed by atoms with Crippen LogP contribution < -0.4 is 16.2 Å². The molecule has 0 aliphatic carbocycles. The molecule has 0 aromatic heterocycles. The van der Waals surface area contributed by atoms with Crippen LogP contribution >= 0.6 is 0 Å². The summed E-state index contributed by atoms with van der Waals surface area (Å²) in [6.45, 7) is 5.38. The molecule has 68 valence electrons. The lowest BCUT2D eigenvalue weighted by Gasteiger charge is -1.96. The fourth-order valence-electron chi connectivity index (χ4n) is 1.19. The summed E-state index contributed by atoms with van der Waals surface area (Å²) in [5, 5.41) is 11.1. The first-order valence-corrected chi connectivity index (χ1v) is 4.04. The zero-order valence-electron chi connectivity index (χ0n) is 7.62. The summed E-state index contributed by atoms with van der Waals surface area (Å²) in [4.78, 5) is 0. The molecule has 2 heteroatoms. The number of aromatic hydroxyl groups is 1. The Bertz CT molecular complexity index is 428. The summed E-state index contributed by atoms with van der Waals surface area (Å²) in [5.41, 5.74) is 6.35. The van der Waals surface area contributed by atoms with Gasteiger partial charge in [0.1, 0.15) is 5.75 Å². The fraction of sp³-hybridized carbons (Fsp3) is 0.0909. The molecule has 0 atom stereocenters. The van der Waals surface area contributed by atoms with Crippen molar-refractivity contribution in [2.24, 2.45) is 5.73 Å². The predicted molar refractivity (Wildman–Crippen MR) is 55.3 cm³/mol. The zero-order valence-corrected chi connectivity index (χ0v) is 7.62. The van der Waals surface area contributed by atoms with Crippen LogP contribution in [0.4, 0.5) is 0 Å². The standard InChI is InChI=1S/C11H13NO/c1-3-5-10-9(8(2)12)6-4-7-11(10)13/h3-7,13H,1,12H2,2H3/b9-8+,10-5+. The molecule has 1 aromatic carbocycles. The Morgan fingerprint density at radius 3 is 2.77 bits per heavy atom. The van der Waals surface area contributed by atoms with Crippen molar-refractivity contribution in [3.8, 4) is 5.75 Å². The minimum atomic E-state index is 0.224. The van der Waals surface area contributed by atoms with Crippen molar-refractivity contribution in [1.82, 2.24) is 0 Å². The molecule has 2 nitrogen and oxygen atoms in total. The lowest BCUT2D eigenvalue weighted by atomic mass is 10.2. The molecule has 3 N–H and O–H groups in total. The number of hydrogen-bond donors (Lipinski definition) is 2. The van der Waals surface area contributed by atoms with Crippen molar-refractivity contribution in [3.63, 3.8) is 0 Å². The number of allylic oxidation sites excluding steroid dienone is 1. The Hall–Kier alpha value is -1.70. The zero-order chi connectivity index (χ0) is 9.84. The van der Waals surface area contributed by atoms with E-state index in [2.05, 4.69) is 6.58 Å². The minimum absolute atomic E-state index is 0.224. The quantitative estimate of drug-likeness (QED) is 0.650. The molecule has 0 radical (unpaired) electrons. The number of phenols is 1. The van der Waals surface area contributed by atoms with E-state index in [1.807, 2.05) is 6.07 Å². The first-order valence-electron chi connectivity index (χ1n) is 4.04. The van der Waals surface area contributed by atoms with Crippen LogP contribution in [-0.4, -0.2) is 5.11 Å². The molecule has 1 aromatic rings. The molecule has 0 unspecified atom stereocenters. The highest BCUT2D eigenvalue weighted by atomic mass is 16.3. The van der Waals surface area contributed by atoms with Gasteiger partial charge in [-0.05, 0) is 13.0 Å². The molecule has 0 amide bonds. The average molecular weight is 175 g/mol. The van der Waals surface area contributed by atoms with Gasteiger partial charge in [-0.2, -0.15) is 0 Å². The number of nitrogens with two attached hydrogens (primary N) is 1. The molecule has 0 aliphatic rings. The second kappa shape index (κ2) is 3.81. The van der Waals surface area contributed by atoms with E-state index >= 15 is 0 Å². The van der Waals surface area contributed by atoms with E-state index in [-0.39, 0.29) is 5.75 Å². The van der Waals surface area contributed by atoms with E-state index in [4.69, 9.17) is 5.73 Å². The van der Waals surface area contributed by atoms with E-state index in [1.165, 1.54) is 0 Å². The van der Waals surface area contributed by atoms with Gasteiger partial charge in [-0.1, -0.05) is 30.9 Å². The summed E-state index contributed by atoms with van der Waals surface area (Å²) in [6, 6.07) is 5.26. The van der Waals surface area contributed by atoms with Gasteiger partial charge in [0.2, 0.25) is 0 Å². The Balaban J connectivity index is 3.75. The van der Waals surface area contributed by atoms with Gasteiger partial charge in [0, 0.05) is 16.1 Å². The van der Waals surface area contributed by atoms with Crippen LogP contribution in [0.2, 0.25) is 0 Å². The maximum absolute atomic E-state index is 9.52. The summed E-state index contributed by atoms with van der Waals surface area (Å²) in [6.07, 6.45) is 3.36. The van der Waals surface area contributed by atoms with E-state index in [0.29, 0.717) is 5.70 Å². The third kappa shape index (κ3) is 1.90. The van der Waals surface area contributed by atoms with Gasteiger partial charge in [0.05, 0.1) is 0 Å². The van der Waals surface area contributed by atoms with E-state index < -0.39 is 0 Å². The van der Waals surface area contributed by atoms with E-state index in [0.717, 1.165) is 10.4 Å². The van der Waals surface area contributed by atoms with Crippen LogP contribution in [0.25, 0.3) is 11.8 Å². The topological polar surface area (TPSA) is 46.2 Å². The molecule has 0 aliphatic heterocycles. The molecule has 0 saturated heterocycles. The predicted octanol–water partition coefficient (Wildman–Crippen LogP) is 0.446. The van der Waals surface area contributed by atoms with Crippen LogP contribution in [0.5, 0.6) is 5.75 Å². The maximum Gasteiger partial charge on any atom is 0.123 e. The van der Waals surface area contributed by atoms with Gasteiger partial charge in [-0.3, -0.25) is 0 Å². The second-order valence-corrected chi connectivity index (χ2v) is 2.82. The molecule has 0 spiro atoms. The third-order valence-corrected chi connectivity index (χ3v) is 1.79. The van der Waals surface area contributed by atoms with E-state index in [9.17, 15) is 5.11 Å². The maximum atomic E-state index is 9.52. The van der Waals surface area contributed by atoms with Crippen LogP contribution in [0.15, 0.2) is 30.9 Å². The SMILES string of the molecule is C=C/C=c1/c(O)ccc/c1=C(/C)N. The number of benzene rings is 1. The van der Waals surface area contributed by atoms with Gasteiger partial charge in [-0.15, -0.1) is 0 Å². The van der Waals surface area contributed by atoms with Crippen LogP contribution in [-0.2, 0) is 0 Å². The summed E-state index contributed by atoms with van der Waals surface area (Å²) in [7, 11) is 0. The lowest BCUT2D eigenvalue weighted by molar-refractivity contribution is 0.470. The van der Waals surface area contributed by atoms with Crippen molar-refractivity contribution in [2.75, 3.05) is 0 Å². The van der Waals surface area contributed by atoms with Crippen molar-refractivity contribution < 1.29 is 5.11 Å². The van der Waals surface area contributed by atoms with Gasteiger partial charge < -0.3 is 10.8 Å². The van der Waals surface area contributed by atoms with Crippen molar-refractivity contribution in [2.45, 2.75) is 6.92 Å².